The Morgan fingerprint density at radius 3 is 2.50 bits per heavy atom. The zero-order valence-electron chi connectivity index (χ0n) is 12.4. The van der Waals surface area contributed by atoms with Crippen molar-refractivity contribution in [3.63, 3.8) is 0 Å². The van der Waals surface area contributed by atoms with Crippen LogP contribution in [0.1, 0.15) is 11.1 Å². The topological polar surface area (TPSA) is 15.6 Å². The molecule has 1 atom stereocenters. The second kappa shape index (κ2) is 6.43. The number of halogens is 5. The van der Waals surface area contributed by atoms with Gasteiger partial charge in [0.2, 0.25) is 6.30 Å². The summed E-state index contributed by atoms with van der Waals surface area (Å²) in [5.74, 6) is 0. The van der Waals surface area contributed by atoms with Crippen LogP contribution >= 0.6 is 11.6 Å². The summed E-state index contributed by atoms with van der Waals surface area (Å²) < 4.78 is 52.8. The Morgan fingerprint density at radius 2 is 1.83 bits per heavy atom. The highest BCUT2D eigenvalue weighted by Crippen LogP contribution is 2.32. The lowest BCUT2D eigenvalue weighted by Crippen LogP contribution is -2.37. The molecule has 0 fully saturated rings. The largest absolute Gasteiger partial charge is 0.405 e. The number of nitrogens with zero attached hydrogens (tertiary/aromatic N) is 2. The molecule has 2 aromatic rings. The van der Waals surface area contributed by atoms with Gasteiger partial charge in [-0.25, -0.2) is 9.38 Å². The molecule has 24 heavy (non-hydrogen) atoms. The van der Waals surface area contributed by atoms with Crippen molar-refractivity contribution in [1.82, 2.24) is 0 Å². The monoisotopic (exact) mass is 356 g/mol. The molecule has 1 heterocycles. The highest BCUT2D eigenvalue weighted by molar-refractivity contribution is 6.31. The maximum absolute atomic E-state index is 14.2. The Labute approximate surface area is 141 Å². The molecule has 2 nitrogen and oxygen atoms in total. The summed E-state index contributed by atoms with van der Waals surface area (Å²) in [7, 11) is 0. The van der Waals surface area contributed by atoms with Crippen molar-refractivity contribution < 1.29 is 17.6 Å². The van der Waals surface area contributed by atoms with Crippen LogP contribution in [-0.4, -0.2) is 31.3 Å². The van der Waals surface area contributed by atoms with Crippen LogP contribution in [0.3, 0.4) is 0 Å². The lowest BCUT2D eigenvalue weighted by molar-refractivity contribution is -0.120. The number of aliphatic imine (C=N–C) groups is 1. The number of alkyl halides is 4. The summed E-state index contributed by atoms with van der Waals surface area (Å²) >= 11 is 6.01. The van der Waals surface area contributed by atoms with Gasteiger partial charge >= 0.3 is 6.18 Å². The van der Waals surface area contributed by atoms with Crippen LogP contribution in [-0.2, 0) is 0 Å². The molecule has 3 rings (SSSR count). The van der Waals surface area contributed by atoms with Gasteiger partial charge in [-0.05, 0) is 18.2 Å². The summed E-state index contributed by atoms with van der Waals surface area (Å²) in [5.41, 5.74) is 1.57. The number of benzodiazepines with no additional fused rings is 1. The number of hydrogen-bond donors (Lipinski definition) is 0. The summed E-state index contributed by atoms with van der Waals surface area (Å²) in [5, 5.41) is 0.349. The van der Waals surface area contributed by atoms with Crippen molar-refractivity contribution in [3.8, 4) is 0 Å². The third-order valence-electron chi connectivity index (χ3n) is 3.61. The Hall–Kier alpha value is -2.08. The molecule has 0 saturated carbocycles. The number of hydrogen-bond acceptors (Lipinski definition) is 2. The van der Waals surface area contributed by atoms with Crippen molar-refractivity contribution in [2.45, 2.75) is 12.5 Å². The van der Waals surface area contributed by atoms with E-state index in [1.165, 1.54) is 18.2 Å². The first-order valence-electron chi connectivity index (χ1n) is 7.22. The van der Waals surface area contributed by atoms with Gasteiger partial charge in [0.25, 0.3) is 0 Å². The molecule has 1 aliphatic heterocycles. The van der Waals surface area contributed by atoms with Crippen LogP contribution in [0, 0.1) is 0 Å². The van der Waals surface area contributed by atoms with Gasteiger partial charge in [0.1, 0.15) is 6.54 Å². The van der Waals surface area contributed by atoms with Crippen molar-refractivity contribution in [2.75, 3.05) is 18.0 Å². The Bertz CT molecular complexity index is 759. The molecule has 0 amide bonds. The smallest absolute Gasteiger partial charge is 0.357 e. The van der Waals surface area contributed by atoms with Gasteiger partial charge in [-0.15, -0.1) is 0 Å². The molecular formula is C17H13ClF4N2. The predicted octanol–water partition coefficient (Wildman–Crippen LogP) is 4.86. The average molecular weight is 357 g/mol. The minimum Gasteiger partial charge on any atom is -0.357 e. The molecule has 1 aliphatic rings. The van der Waals surface area contributed by atoms with Gasteiger partial charge in [-0.2, -0.15) is 13.2 Å². The van der Waals surface area contributed by atoms with E-state index in [4.69, 9.17) is 11.6 Å². The van der Waals surface area contributed by atoms with Crippen molar-refractivity contribution in [2.24, 2.45) is 4.99 Å². The van der Waals surface area contributed by atoms with Gasteiger partial charge < -0.3 is 4.90 Å². The first kappa shape index (κ1) is 16.8. The van der Waals surface area contributed by atoms with E-state index in [1.807, 2.05) is 0 Å². The van der Waals surface area contributed by atoms with E-state index in [2.05, 4.69) is 4.99 Å². The SMILES string of the molecule is FC1CN(CC(F)(F)F)c2ccc(Cl)cc2C(c2ccccc2)=N1. The highest BCUT2D eigenvalue weighted by Gasteiger charge is 2.34. The maximum atomic E-state index is 14.2. The fraction of sp³-hybridized carbons (Fsp3) is 0.235. The zero-order chi connectivity index (χ0) is 17.3. The van der Waals surface area contributed by atoms with E-state index < -0.39 is 25.6 Å². The van der Waals surface area contributed by atoms with E-state index in [1.54, 1.807) is 30.3 Å². The first-order valence-corrected chi connectivity index (χ1v) is 7.60. The highest BCUT2D eigenvalue weighted by atomic mass is 35.5. The lowest BCUT2D eigenvalue weighted by Gasteiger charge is -2.26. The molecule has 1 unspecified atom stereocenters. The second-order valence-electron chi connectivity index (χ2n) is 5.44. The van der Waals surface area contributed by atoms with Crippen LogP contribution in [0.5, 0.6) is 0 Å². The van der Waals surface area contributed by atoms with Crippen LogP contribution in [0.4, 0.5) is 23.2 Å². The van der Waals surface area contributed by atoms with E-state index >= 15 is 0 Å². The molecule has 0 spiro atoms. The third-order valence-corrected chi connectivity index (χ3v) is 3.85. The van der Waals surface area contributed by atoms with Gasteiger partial charge in [0.15, 0.2) is 0 Å². The summed E-state index contributed by atoms with van der Waals surface area (Å²) in [6, 6.07) is 13.3. The molecule has 126 valence electrons. The third kappa shape index (κ3) is 3.70. The van der Waals surface area contributed by atoms with Gasteiger partial charge in [0.05, 0.1) is 12.3 Å². The fourth-order valence-electron chi connectivity index (χ4n) is 2.70. The standard InChI is InChI=1S/C17H13ClF4N2/c18-12-6-7-14-13(8-12)16(11-4-2-1-3-5-11)23-15(19)9-24(14)10-17(20,21)22/h1-8,15H,9-10H2. The molecule has 0 aromatic heterocycles. The lowest BCUT2D eigenvalue weighted by atomic mass is 10.00. The number of anilines is 1. The minimum atomic E-state index is -4.45. The molecule has 0 saturated heterocycles. The predicted molar refractivity (Wildman–Crippen MR) is 86.7 cm³/mol. The van der Waals surface area contributed by atoms with Gasteiger partial charge in [0, 0.05) is 21.8 Å². The van der Waals surface area contributed by atoms with Crippen molar-refractivity contribution >= 4 is 23.0 Å². The van der Waals surface area contributed by atoms with Crippen LogP contribution in [0.15, 0.2) is 53.5 Å². The van der Waals surface area contributed by atoms with Crippen LogP contribution < -0.4 is 4.90 Å². The molecular weight excluding hydrogens is 344 g/mol. The number of benzene rings is 2. The summed E-state index contributed by atoms with van der Waals surface area (Å²) in [6.45, 7) is -1.72. The minimum absolute atomic E-state index is 0.263. The quantitative estimate of drug-likeness (QED) is 0.554. The molecule has 0 aliphatic carbocycles. The summed E-state index contributed by atoms with van der Waals surface area (Å²) in [4.78, 5) is 4.95. The van der Waals surface area contributed by atoms with Gasteiger partial charge in [-0.1, -0.05) is 41.9 Å². The second-order valence-corrected chi connectivity index (χ2v) is 5.87. The Balaban J connectivity index is 2.14. The Kier molecular flexibility index (Phi) is 4.49. The fourth-order valence-corrected chi connectivity index (χ4v) is 2.87. The zero-order valence-corrected chi connectivity index (χ0v) is 13.2. The normalized spacial score (nSPS) is 18.0. The molecule has 2 aromatic carbocycles. The molecule has 0 radical (unpaired) electrons. The molecule has 0 N–H and O–H groups in total. The number of fused-ring (bicyclic) bond motifs is 1. The first-order chi connectivity index (χ1) is 11.3. The van der Waals surface area contributed by atoms with Crippen LogP contribution in [0.25, 0.3) is 0 Å². The van der Waals surface area contributed by atoms with E-state index in [0.717, 1.165) is 4.90 Å². The van der Waals surface area contributed by atoms with E-state index in [9.17, 15) is 17.6 Å². The summed E-state index contributed by atoms with van der Waals surface area (Å²) in [6.07, 6.45) is -6.22. The van der Waals surface area contributed by atoms with Crippen LogP contribution in [0.2, 0.25) is 5.02 Å². The van der Waals surface area contributed by atoms with Crippen molar-refractivity contribution in [3.05, 3.63) is 64.7 Å². The van der Waals surface area contributed by atoms with E-state index in [0.29, 0.717) is 21.9 Å². The maximum Gasteiger partial charge on any atom is 0.405 e. The van der Waals surface area contributed by atoms with E-state index in [-0.39, 0.29) is 5.69 Å². The molecule has 0 bridgehead atoms. The van der Waals surface area contributed by atoms with Gasteiger partial charge in [-0.3, -0.25) is 0 Å². The Morgan fingerprint density at radius 1 is 1.12 bits per heavy atom. The molecule has 7 heteroatoms. The average Bonchev–Trinajstić information content (AvgIpc) is 2.63. The van der Waals surface area contributed by atoms with Crippen molar-refractivity contribution in [1.29, 1.82) is 0 Å². The number of rotatable bonds is 2.